The zero-order valence-corrected chi connectivity index (χ0v) is 17.9. The summed E-state index contributed by atoms with van der Waals surface area (Å²) < 4.78 is 0. The number of anilines is 1. The fourth-order valence-corrected chi connectivity index (χ4v) is 5.28. The molecule has 1 aromatic rings. The highest BCUT2D eigenvalue weighted by atomic mass is 35.5. The third kappa shape index (κ3) is 5.25. The lowest BCUT2D eigenvalue weighted by molar-refractivity contribution is -0.127. The summed E-state index contributed by atoms with van der Waals surface area (Å²) in [5, 5.41) is 6.53. The van der Waals surface area contributed by atoms with Crippen molar-refractivity contribution in [2.24, 2.45) is 11.8 Å². The molecule has 0 aliphatic heterocycles. The first-order chi connectivity index (χ1) is 13.6. The number of benzene rings is 1. The molecule has 1 unspecified atom stereocenters. The lowest BCUT2D eigenvalue weighted by Crippen LogP contribution is -2.43. The molecule has 2 fully saturated rings. The van der Waals surface area contributed by atoms with E-state index in [0.717, 1.165) is 63.5 Å². The number of carbonyl (C=O) groups excluding carboxylic acids is 2. The zero-order valence-electron chi connectivity index (χ0n) is 17.1. The van der Waals surface area contributed by atoms with Crippen LogP contribution in [0.2, 0.25) is 0 Å². The second-order valence-electron chi connectivity index (χ2n) is 8.95. The predicted octanol–water partition coefficient (Wildman–Crippen LogP) is 4.05. The van der Waals surface area contributed by atoms with Gasteiger partial charge >= 0.3 is 0 Å². The molecule has 2 amide bonds. The van der Waals surface area contributed by atoms with Gasteiger partial charge in [-0.15, -0.1) is 12.4 Å². The van der Waals surface area contributed by atoms with E-state index >= 15 is 0 Å². The molecule has 0 heterocycles. The van der Waals surface area contributed by atoms with Crippen molar-refractivity contribution in [3.8, 4) is 0 Å². The Hall–Kier alpha value is -1.75. The predicted molar refractivity (Wildman–Crippen MR) is 118 cm³/mol. The van der Waals surface area contributed by atoms with E-state index in [0.29, 0.717) is 0 Å². The smallest absolute Gasteiger partial charge is 0.223 e. The van der Waals surface area contributed by atoms with Gasteiger partial charge in [0, 0.05) is 23.6 Å². The maximum absolute atomic E-state index is 12.9. The van der Waals surface area contributed by atoms with Crippen LogP contribution in [0.25, 0.3) is 0 Å². The minimum Gasteiger partial charge on any atom is -0.399 e. The molecule has 6 heteroatoms. The Kier molecular flexibility index (Phi) is 7.44. The van der Waals surface area contributed by atoms with Crippen molar-refractivity contribution in [1.29, 1.82) is 0 Å². The molecule has 5 nitrogen and oxygen atoms in total. The molecule has 29 heavy (non-hydrogen) atoms. The lowest BCUT2D eigenvalue weighted by atomic mass is 9.83. The number of hydrogen-bond donors (Lipinski definition) is 3. The minimum absolute atomic E-state index is 0. The first-order valence-corrected chi connectivity index (χ1v) is 11.1. The fraction of sp³-hybridized carbons (Fsp3) is 0.652. The normalized spacial score (nSPS) is 26.8. The SMILES string of the molecule is Cl.Nc1ccc2c(c1)CCCC2NC(=O)C1CCC(NC(=O)C2CCCC2)CC1. The van der Waals surface area contributed by atoms with Crippen LogP contribution in [0.15, 0.2) is 18.2 Å². The van der Waals surface area contributed by atoms with Crippen molar-refractivity contribution in [2.75, 3.05) is 5.73 Å². The van der Waals surface area contributed by atoms with Crippen LogP contribution < -0.4 is 16.4 Å². The highest BCUT2D eigenvalue weighted by Gasteiger charge is 2.31. The Labute approximate surface area is 180 Å². The average Bonchev–Trinajstić information content (AvgIpc) is 3.23. The van der Waals surface area contributed by atoms with E-state index in [1.807, 2.05) is 12.1 Å². The third-order valence-corrected chi connectivity index (χ3v) is 6.97. The van der Waals surface area contributed by atoms with Crippen LogP contribution in [-0.2, 0) is 16.0 Å². The van der Waals surface area contributed by atoms with Crippen LogP contribution in [0.1, 0.15) is 81.4 Å². The Bertz CT molecular complexity index is 725. The maximum Gasteiger partial charge on any atom is 0.223 e. The van der Waals surface area contributed by atoms with Crippen LogP contribution >= 0.6 is 12.4 Å². The Morgan fingerprint density at radius 1 is 0.828 bits per heavy atom. The molecule has 0 bridgehead atoms. The highest BCUT2D eigenvalue weighted by molar-refractivity contribution is 5.85. The summed E-state index contributed by atoms with van der Waals surface area (Å²) in [6.07, 6.45) is 11.1. The largest absolute Gasteiger partial charge is 0.399 e. The van der Waals surface area contributed by atoms with Gasteiger partial charge in [-0.25, -0.2) is 0 Å². The van der Waals surface area contributed by atoms with E-state index < -0.39 is 0 Å². The molecule has 3 aliphatic rings. The highest BCUT2D eigenvalue weighted by Crippen LogP contribution is 2.33. The van der Waals surface area contributed by atoms with Crippen molar-refractivity contribution < 1.29 is 9.59 Å². The molecular weight excluding hydrogens is 386 g/mol. The van der Waals surface area contributed by atoms with E-state index in [4.69, 9.17) is 5.73 Å². The van der Waals surface area contributed by atoms with Crippen LogP contribution in [-0.4, -0.2) is 17.9 Å². The summed E-state index contributed by atoms with van der Waals surface area (Å²) in [6.45, 7) is 0. The monoisotopic (exact) mass is 419 g/mol. The number of hydrogen-bond acceptors (Lipinski definition) is 3. The van der Waals surface area contributed by atoms with E-state index in [1.54, 1.807) is 0 Å². The van der Waals surface area contributed by atoms with Crippen LogP contribution in [0.5, 0.6) is 0 Å². The molecule has 0 aromatic heterocycles. The Balaban J connectivity index is 0.00000240. The van der Waals surface area contributed by atoms with Gasteiger partial charge in [-0.3, -0.25) is 9.59 Å². The van der Waals surface area contributed by atoms with Gasteiger partial charge in [0.05, 0.1) is 6.04 Å². The Morgan fingerprint density at radius 3 is 2.21 bits per heavy atom. The van der Waals surface area contributed by atoms with Crippen LogP contribution in [0.4, 0.5) is 5.69 Å². The van der Waals surface area contributed by atoms with Crippen LogP contribution in [0, 0.1) is 11.8 Å². The van der Waals surface area contributed by atoms with E-state index in [2.05, 4.69) is 16.7 Å². The van der Waals surface area contributed by atoms with Crippen molar-refractivity contribution in [2.45, 2.75) is 82.7 Å². The molecule has 0 spiro atoms. The van der Waals surface area contributed by atoms with Crippen molar-refractivity contribution in [3.63, 3.8) is 0 Å². The molecule has 4 N–H and O–H groups in total. The number of fused-ring (bicyclic) bond motifs is 1. The number of nitrogens with one attached hydrogen (secondary N) is 2. The average molecular weight is 420 g/mol. The van der Waals surface area contributed by atoms with Gasteiger partial charge in [0.1, 0.15) is 0 Å². The molecule has 3 aliphatic carbocycles. The van der Waals surface area contributed by atoms with Gasteiger partial charge in [-0.05, 0) is 81.0 Å². The fourth-order valence-electron chi connectivity index (χ4n) is 5.28. The van der Waals surface area contributed by atoms with Gasteiger partial charge in [0.25, 0.3) is 0 Å². The summed E-state index contributed by atoms with van der Waals surface area (Å²) in [5.41, 5.74) is 9.21. The topological polar surface area (TPSA) is 84.2 Å². The van der Waals surface area contributed by atoms with Gasteiger partial charge in [-0.1, -0.05) is 18.9 Å². The number of nitrogens with two attached hydrogens (primary N) is 1. The maximum atomic E-state index is 12.9. The first-order valence-electron chi connectivity index (χ1n) is 11.1. The number of carbonyl (C=O) groups is 2. The van der Waals surface area contributed by atoms with Crippen molar-refractivity contribution in [1.82, 2.24) is 10.6 Å². The number of aryl methyl sites for hydroxylation is 1. The number of rotatable bonds is 4. The summed E-state index contributed by atoms with van der Waals surface area (Å²) in [7, 11) is 0. The number of amides is 2. The summed E-state index contributed by atoms with van der Waals surface area (Å²) in [5.74, 6) is 0.707. The van der Waals surface area contributed by atoms with Gasteiger partial charge in [0.2, 0.25) is 11.8 Å². The van der Waals surface area contributed by atoms with E-state index in [-0.39, 0.29) is 48.1 Å². The second-order valence-corrected chi connectivity index (χ2v) is 8.95. The van der Waals surface area contributed by atoms with Crippen molar-refractivity contribution >= 4 is 29.9 Å². The molecule has 2 saturated carbocycles. The van der Waals surface area contributed by atoms with E-state index in [1.165, 1.54) is 24.0 Å². The molecule has 1 aromatic carbocycles. The van der Waals surface area contributed by atoms with Gasteiger partial charge in [-0.2, -0.15) is 0 Å². The molecule has 4 rings (SSSR count). The molecular formula is C23H34ClN3O2. The molecule has 0 radical (unpaired) electrons. The molecule has 1 atom stereocenters. The standard InChI is InChI=1S/C23H33N3O2.ClH/c24-18-10-13-20-17(14-18)6-3-7-21(20)26-23(28)16-8-11-19(12-9-16)25-22(27)15-4-1-2-5-15;/h10,13-16,19,21H,1-9,11-12,24H2,(H,25,27)(H,26,28);1H. The van der Waals surface area contributed by atoms with Crippen molar-refractivity contribution in [3.05, 3.63) is 29.3 Å². The lowest BCUT2D eigenvalue weighted by Gasteiger charge is -2.32. The second kappa shape index (κ2) is 9.84. The number of nitrogen functional groups attached to an aromatic ring is 1. The first kappa shape index (κ1) is 21.9. The molecule has 0 saturated heterocycles. The minimum atomic E-state index is 0. The molecule has 160 valence electrons. The van der Waals surface area contributed by atoms with Gasteiger partial charge < -0.3 is 16.4 Å². The zero-order chi connectivity index (χ0) is 19.5. The number of halogens is 1. The Morgan fingerprint density at radius 2 is 1.48 bits per heavy atom. The third-order valence-electron chi connectivity index (χ3n) is 6.97. The van der Waals surface area contributed by atoms with Gasteiger partial charge in [0.15, 0.2) is 0 Å². The summed E-state index contributed by atoms with van der Waals surface area (Å²) in [4.78, 5) is 25.2. The van der Waals surface area contributed by atoms with E-state index in [9.17, 15) is 9.59 Å². The summed E-state index contributed by atoms with van der Waals surface area (Å²) in [6, 6.07) is 6.41. The quantitative estimate of drug-likeness (QED) is 0.643. The van der Waals surface area contributed by atoms with Crippen LogP contribution in [0.3, 0.4) is 0 Å². The summed E-state index contributed by atoms with van der Waals surface area (Å²) >= 11 is 0.